The Morgan fingerprint density at radius 3 is 2.41 bits per heavy atom. The van der Waals surface area contributed by atoms with Gasteiger partial charge in [-0.3, -0.25) is 10.1 Å². The van der Waals surface area contributed by atoms with Crippen LogP contribution < -0.4 is 16.0 Å². The number of carbonyl (C=O) groups is 2. The van der Waals surface area contributed by atoms with Crippen molar-refractivity contribution in [2.75, 3.05) is 10.6 Å². The fraction of sp³-hybridized carbons (Fsp3) is 0.179. The third kappa shape index (κ3) is 4.80. The summed E-state index contributed by atoms with van der Waals surface area (Å²) in [5, 5.41) is 12.6. The quantitative estimate of drug-likeness (QED) is 0.320. The maximum absolute atomic E-state index is 15.0. The number of hydrogen-bond donors (Lipinski definition) is 3. The number of benzene rings is 3. The molecule has 3 N–H and O–H groups in total. The second-order valence-electron chi connectivity index (χ2n) is 9.84. The molecule has 3 amide bonds. The minimum atomic E-state index is -0.661. The topological polar surface area (TPSA) is 88.0 Å². The molecule has 0 atom stereocenters. The number of amides is 3. The van der Waals surface area contributed by atoms with Crippen LogP contribution in [0, 0.1) is 11.6 Å². The van der Waals surface area contributed by atoms with E-state index in [-0.39, 0.29) is 22.8 Å². The molecule has 0 aliphatic carbocycles. The fourth-order valence-corrected chi connectivity index (χ4v) is 4.19. The summed E-state index contributed by atoms with van der Waals surface area (Å²) in [5.41, 5.74) is 3.70. The van der Waals surface area contributed by atoms with Gasteiger partial charge in [0.1, 0.15) is 17.5 Å². The summed E-state index contributed by atoms with van der Waals surface area (Å²) in [7, 11) is 0. The first kappa shape index (κ1) is 24.2. The van der Waals surface area contributed by atoms with Gasteiger partial charge in [0.25, 0.3) is 5.91 Å². The summed E-state index contributed by atoms with van der Waals surface area (Å²) in [4.78, 5) is 24.8. The first-order valence-electron chi connectivity index (χ1n) is 11.7. The summed E-state index contributed by atoms with van der Waals surface area (Å²) in [5.74, 6) is -0.809. The molecule has 0 saturated heterocycles. The van der Waals surface area contributed by atoms with E-state index in [1.54, 1.807) is 36.4 Å². The largest absolute Gasteiger partial charge is 0.348 e. The second kappa shape index (κ2) is 9.16. The lowest BCUT2D eigenvalue weighted by Gasteiger charge is -2.14. The summed E-state index contributed by atoms with van der Waals surface area (Å²) >= 11 is 0. The normalized spacial score (nSPS) is 12.7. The van der Waals surface area contributed by atoms with Gasteiger partial charge in [0.15, 0.2) is 0 Å². The minimum Gasteiger partial charge on any atom is -0.348 e. The van der Waals surface area contributed by atoms with Gasteiger partial charge >= 0.3 is 6.03 Å². The van der Waals surface area contributed by atoms with Crippen LogP contribution in [0.1, 0.15) is 42.4 Å². The van der Waals surface area contributed by atoms with Crippen LogP contribution in [0.2, 0.25) is 0 Å². The van der Waals surface area contributed by atoms with E-state index in [1.807, 2.05) is 26.8 Å². The lowest BCUT2D eigenvalue weighted by Crippen LogP contribution is -2.22. The van der Waals surface area contributed by atoms with Crippen LogP contribution in [0.5, 0.6) is 0 Å². The second-order valence-corrected chi connectivity index (χ2v) is 9.84. The molecule has 7 nitrogen and oxygen atoms in total. The molecule has 0 fully saturated rings. The molecule has 188 valence electrons. The van der Waals surface area contributed by atoms with Gasteiger partial charge in [-0.1, -0.05) is 39.0 Å². The molecular weight excluding hydrogens is 476 g/mol. The molecule has 9 heteroatoms. The molecule has 37 heavy (non-hydrogen) atoms. The van der Waals surface area contributed by atoms with Gasteiger partial charge in [-0.25, -0.2) is 18.3 Å². The van der Waals surface area contributed by atoms with E-state index in [9.17, 15) is 14.0 Å². The van der Waals surface area contributed by atoms with Crippen LogP contribution in [0.25, 0.3) is 16.8 Å². The molecule has 0 unspecified atom stereocenters. The first-order chi connectivity index (χ1) is 17.6. The van der Waals surface area contributed by atoms with E-state index in [4.69, 9.17) is 0 Å². The first-order valence-corrected chi connectivity index (χ1v) is 11.7. The molecule has 2 heterocycles. The zero-order valence-corrected chi connectivity index (χ0v) is 20.5. The number of carbonyl (C=O) groups excluding carboxylic acids is 2. The Balaban J connectivity index is 1.38. The zero-order valence-electron chi connectivity index (χ0n) is 20.5. The molecule has 0 saturated carbocycles. The minimum absolute atomic E-state index is 0.00748. The van der Waals surface area contributed by atoms with Crippen LogP contribution in [-0.2, 0) is 12.0 Å². The van der Waals surface area contributed by atoms with Crippen molar-refractivity contribution in [3.8, 4) is 16.8 Å². The highest BCUT2D eigenvalue weighted by atomic mass is 19.1. The molecule has 1 aromatic heterocycles. The highest BCUT2D eigenvalue weighted by Crippen LogP contribution is 2.31. The van der Waals surface area contributed by atoms with Gasteiger partial charge in [-0.15, -0.1) is 0 Å². The number of halogens is 2. The van der Waals surface area contributed by atoms with Gasteiger partial charge in [0.05, 0.1) is 17.1 Å². The van der Waals surface area contributed by atoms with Crippen molar-refractivity contribution < 1.29 is 18.4 Å². The Bertz CT molecular complexity index is 1520. The Hall–Kier alpha value is -4.53. The number of aromatic nitrogens is 2. The predicted molar refractivity (Wildman–Crippen MR) is 138 cm³/mol. The van der Waals surface area contributed by atoms with Crippen molar-refractivity contribution in [1.29, 1.82) is 0 Å². The Labute approximate surface area is 212 Å². The van der Waals surface area contributed by atoms with Gasteiger partial charge in [-0.05, 0) is 59.2 Å². The molecule has 0 radical (unpaired) electrons. The van der Waals surface area contributed by atoms with Gasteiger partial charge in [-0.2, -0.15) is 5.10 Å². The van der Waals surface area contributed by atoms with Crippen LogP contribution in [-0.4, -0.2) is 21.7 Å². The zero-order chi connectivity index (χ0) is 26.3. The van der Waals surface area contributed by atoms with Crippen LogP contribution in [0.4, 0.5) is 25.1 Å². The maximum Gasteiger partial charge on any atom is 0.324 e. The average Bonchev–Trinajstić information content (AvgIpc) is 3.45. The van der Waals surface area contributed by atoms with Gasteiger partial charge in [0, 0.05) is 23.6 Å². The summed E-state index contributed by atoms with van der Waals surface area (Å²) in [6.07, 6.45) is 0. The number of rotatable bonds is 4. The van der Waals surface area contributed by atoms with E-state index in [1.165, 1.54) is 28.9 Å². The standard InChI is InChI=1S/C28H25F2N5O2/c1-28(2,3)24-14-25(35(34-24)18-10-8-17(29)9-11-18)33-27(37)32-23-12-7-16(13-22(23)30)19-5-4-6-20-21(19)15-31-26(20)36/h4-14H,15H2,1-3H3,(H,31,36)(H2,32,33,37). The van der Waals surface area contributed by atoms with Crippen molar-refractivity contribution in [3.63, 3.8) is 0 Å². The number of anilines is 2. The number of fused-ring (bicyclic) bond motifs is 1. The fourth-order valence-electron chi connectivity index (χ4n) is 4.19. The smallest absolute Gasteiger partial charge is 0.324 e. The van der Waals surface area contributed by atoms with Crippen molar-refractivity contribution in [1.82, 2.24) is 15.1 Å². The molecular formula is C28H25F2N5O2. The maximum atomic E-state index is 15.0. The van der Waals surface area contributed by atoms with E-state index >= 15 is 4.39 Å². The van der Waals surface area contributed by atoms with E-state index in [2.05, 4.69) is 21.0 Å². The third-order valence-electron chi connectivity index (χ3n) is 6.17. The third-order valence-corrected chi connectivity index (χ3v) is 6.17. The lowest BCUT2D eigenvalue weighted by molar-refractivity contribution is 0.0965. The molecule has 0 spiro atoms. The van der Waals surface area contributed by atoms with Crippen molar-refractivity contribution in [2.24, 2.45) is 0 Å². The number of urea groups is 1. The van der Waals surface area contributed by atoms with Crippen molar-refractivity contribution in [2.45, 2.75) is 32.7 Å². The molecule has 0 bridgehead atoms. The lowest BCUT2D eigenvalue weighted by atomic mass is 9.92. The van der Waals surface area contributed by atoms with Crippen LogP contribution >= 0.6 is 0 Å². The Morgan fingerprint density at radius 2 is 1.70 bits per heavy atom. The van der Waals surface area contributed by atoms with Crippen molar-refractivity contribution in [3.05, 3.63) is 95.2 Å². The SMILES string of the molecule is CC(C)(C)c1cc(NC(=O)Nc2ccc(-c3cccc4c3CNC4=O)cc2F)n(-c2ccc(F)cc2)n1. The van der Waals surface area contributed by atoms with E-state index in [0.29, 0.717) is 34.9 Å². The summed E-state index contributed by atoms with van der Waals surface area (Å²) < 4.78 is 30.0. The van der Waals surface area contributed by atoms with E-state index < -0.39 is 11.8 Å². The number of nitrogens with one attached hydrogen (secondary N) is 3. The molecule has 1 aliphatic rings. The predicted octanol–water partition coefficient (Wildman–Crippen LogP) is 6.00. The monoisotopic (exact) mass is 501 g/mol. The van der Waals surface area contributed by atoms with Crippen LogP contribution in [0.15, 0.2) is 66.7 Å². The Morgan fingerprint density at radius 1 is 0.973 bits per heavy atom. The molecule has 4 aromatic rings. The highest BCUT2D eigenvalue weighted by Gasteiger charge is 2.23. The van der Waals surface area contributed by atoms with Gasteiger partial charge < -0.3 is 10.6 Å². The van der Waals surface area contributed by atoms with Crippen molar-refractivity contribution >= 4 is 23.4 Å². The Kier molecular flexibility index (Phi) is 5.99. The summed E-state index contributed by atoms with van der Waals surface area (Å²) in [6.45, 7) is 6.34. The van der Waals surface area contributed by atoms with E-state index in [0.717, 1.165) is 11.1 Å². The van der Waals surface area contributed by atoms with Gasteiger partial charge in [0.2, 0.25) is 0 Å². The molecule has 5 rings (SSSR count). The number of hydrogen-bond acceptors (Lipinski definition) is 3. The summed E-state index contributed by atoms with van der Waals surface area (Å²) in [6, 6.07) is 16.6. The highest BCUT2D eigenvalue weighted by molar-refractivity contribution is 6.01. The van der Waals surface area contributed by atoms with Crippen LogP contribution in [0.3, 0.4) is 0 Å². The number of nitrogens with zero attached hydrogens (tertiary/aromatic N) is 2. The molecule has 1 aliphatic heterocycles. The average molecular weight is 502 g/mol. The molecule has 3 aromatic carbocycles.